The van der Waals surface area contributed by atoms with Crippen LogP contribution in [-0.4, -0.2) is 44.2 Å². The molecule has 1 rings (SSSR count). The van der Waals surface area contributed by atoms with Gasteiger partial charge in [0.15, 0.2) is 9.84 Å². The summed E-state index contributed by atoms with van der Waals surface area (Å²) in [5.74, 6) is 0.371. The smallest absolute Gasteiger partial charge is 0.154 e. The number of aliphatic hydroxyl groups is 1. The van der Waals surface area contributed by atoms with Gasteiger partial charge in [0, 0.05) is 13.2 Å². The van der Waals surface area contributed by atoms with Crippen LogP contribution in [0.2, 0.25) is 0 Å². The summed E-state index contributed by atoms with van der Waals surface area (Å²) < 4.78 is 23.0. The second-order valence-corrected chi connectivity index (χ2v) is 6.87. The van der Waals surface area contributed by atoms with Gasteiger partial charge in [0.05, 0.1) is 11.0 Å². The first-order valence-corrected chi connectivity index (χ1v) is 7.91. The van der Waals surface area contributed by atoms with Crippen molar-refractivity contribution in [3.63, 3.8) is 0 Å². The highest BCUT2D eigenvalue weighted by atomic mass is 32.2. The fourth-order valence-corrected chi connectivity index (χ4v) is 3.87. The maximum Gasteiger partial charge on any atom is 0.154 e. The summed E-state index contributed by atoms with van der Waals surface area (Å²) >= 11 is 0. The normalized spacial score (nSPS) is 23.7. The third-order valence-electron chi connectivity index (χ3n) is 3.10. The van der Waals surface area contributed by atoms with Gasteiger partial charge in [0.2, 0.25) is 0 Å². The molecule has 2 N–H and O–H groups in total. The predicted molar refractivity (Wildman–Crippen MR) is 65.2 cm³/mol. The van der Waals surface area contributed by atoms with E-state index in [0.29, 0.717) is 12.3 Å². The van der Waals surface area contributed by atoms with E-state index in [0.717, 1.165) is 45.1 Å². The molecule has 0 aliphatic carbocycles. The summed E-state index contributed by atoms with van der Waals surface area (Å²) in [5.41, 5.74) is 0. The van der Waals surface area contributed by atoms with Crippen LogP contribution in [0.15, 0.2) is 0 Å². The van der Waals surface area contributed by atoms with Crippen LogP contribution in [0.4, 0.5) is 0 Å². The average molecular weight is 249 g/mol. The van der Waals surface area contributed by atoms with Gasteiger partial charge < -0.3 is 10.4 Å². The number of hydrogen-bond acceptors (Lipinski definition) is 4. The van der Waals surface area contributed by atoms with Crippen LogP contribution in [0.3, 0.4) is 0 Å². The van der Waals surface area contributed by atoms with Crippen molar-refractivity contribution in [3.8, 4) is 0 Å². The molecule has 16 heavy (non-hydrogen) atoms. The second-order valence-electron chi connectivity index (χ2n) is 4.47. The van der Waals surface area contributed by atoms with Crippen LogP contribution in [-0.2, 0) is 9.84 Å². The van der Waals surface area contributed by atoms with Gasteiger partial charge in [-0.05, 0) is 32.2 Å². The van der Waals surface area contributed by atoms with Crippen molar-refractivity contribution in [2.24, 2.45) is 0 Å². The zero-order chi connectivity index (χ0) is 11.9. The number of unbranched alkanes of at least 4 members (excludes halogenated alkanes) is 3. The standard InChI is InChI=1S/C11H23NO3S/c13-8-4-2-1-3-7-12-10-11-6-5-9-16(11,14)15/h11-13H,1-10H2. The Bertz CT molecular complexity index is 277. The minimum atomic E-state index is -2.78. The van der Waals surface area contributed by atoms with Gasteiger partial charge in [-0.25, -0.2) is 8.42 Å². The molecule has 0 spiro atoms. The summed E-state index contributed by atoms with van der Waals surface area (Å²) in [7, 11) is -2.78. The third kappa shape index (κ3) is 4.80. The van der Waals surface area contributed by atoms with Crippen molar-refractivity contribution in [2.75, 3.05) is 25.4 Å². The van der Waals surface area contributed by atoms with Crippen molar-refractivity contribution >= 4 is 9.84 Å². The van der Waals surface area contributed by atoms with Crippen molar-refractivity contribution in [3.05, 3.63) is 0 Å². The first-order chi connectivity index (χ1) is 7.67. The Morgan fingerprint density at radius 2 is 1.94 bits per heavy atom. The van der Waals surface area contributed by atoms with Gasteiger partial charge in [-0.3, -0.25) is 0 Å². The van der Waals surface area contributed by atoms with E-state index in [9.17, 15) is 8.42 Å². The Morgan fingerprint density at radius 3 is 2.56 bits per heavy atom. The number of sulfone groups is 1. The summed E-state index contributed by atoms with van der Waals surface area (Å²) in [6.45, 7) is 1.77. The molecule has 0 aromatic rings. The number of rotatable bonds is 8. The SMILES string of the molecule is O=S1(=O)CCCC1CNCCCCCCO. The summed E-state index contributed by atoms with van der Waals surface area (Å²) in [6.07, 6.45) is 5.74. The topological polar surface area (TPSA) is 66.4 Å². The summed E-state index contributed by atoms with van der Waals surface area (Å²) in [4.78, 5) is 0. The molecule has 1 heterocycles. The number of hydrogen-bond donors (Lipinski definition) is 2. The Hall–Kier alpha value is -0.130. The molecular weight excluding hydrogens is 226 g/mol. The van der Waals surface area contributed by atoms with E-state index >= 15 is 0 Å². The van der Waals surface area contributed by atoms with Crippen LogP contribution in [0.1, 0.15) is 38.5 Å². The van der Waals surface area contributed by atoms with Gasteiger partial charge in [-0.1, -0.05) is 12.8 Å². The molecular formula is C11H23NO3S. The van der Waals surface area contributed by atoms with E-state index in [-0.39, 0.29) is 11.9 Å². The molecule has 0 aromatic carbocycles. The Balaban J connectivity index is 1.99. The first kappa shape index (κ1) is 13.9. The molecule has 96 valence electrons. The quantitative estimate of drug-likeness (QED) is 0.622. The van der Waals surface area contributed by atoms with E-state index < -0.39 is 9.84 Å². The van der Waals surface area contributed by atoms with E-state index in [4.69, 9.17) is 5.11 Å². The Morgan fingerprint density at radius 1 is 1.19 bits per heavy atom. The van der Waals surface area contributed by atoms with Crippen molar-refractivity contribution in [1.82, 2.24) is 5.32 Å². The maximum atomic E-state index is 11.5. The van der Waals surface area contributed by atoms with E-state index in [1.807, 2.05) is 0 Å². The first-order valence-electron chi connectivity index (χ1n) is 6.20. The van der Waals surface area contributed by atoms with E-state index in [2.05, 4.69) is 5.32 Å². The molecule has 1 aliphatic heterocycles. The Labute approximate surface area is 98.4 Å². The lowest BCUT2D eigenvalue weighted by Crippen LogP contribution is -2.31. The Kier molecular flexibility index (Phi) is 6.31. The minimum Gasteiger partial charge on any atom is -0.396 e. The predicted octanol–water partition coefficient (Wildman–Crippen LogP) is 0.706. The monoisotopic (exact) mass is 249 g/mol. The van der Waals surface area contributed by atoms with E-state index in [1.165, 1.54) is 0 Å². The fraction of sp³-hybridized carbons (Fsp3) is 1.00. The van der Waals surface area contributed by atoms with E-state index in [1.54, 1.807) is 0 Å². The van der Waals surface area contributed by atoms with Crippen LogP contribution >= 0.6 is 0 Å². The molecule has 1 atom stereocenters. The molecule has 0 bridgehead atoms. The van der Waals surface area contributed by atoms with Crippen LogP contribution in [0.25, 0.3) is 0 Å². The van der Waals surface area contributed by atoms with Crippen molar-refractivity contribution < 1.29 is 13.5 Å². The molecule has 0 radical (unpaired) electrons. The summed E-state index contributed by atoms with van der Waals surface area (Å²) in [6, 6.07) is 0. The van der Waals surface area contributed by atoms with Crippen molar-refractivity contribution in [2.45, 2.75) is 43.8 Å². The molecule has 0 aromatic heterocycles. The van der Waals surface area contributed by atoms with Gasteiger partial charge in [-0.2, -0.15) is 0 Å². The maximum absolute atomic E-state index is 11.5. The van der Waals surface area contributed by atoms with Gasteiger partial charge in [-0.15, -0.1) is 0 Å². The molecule has 1 fully saturated rings. The third-order valence-corrected chi connectivity index (χ3v) is 5.37. The van der Waals surface area contributed by atoms with Crippen LogP contribution in [0, 0.1) is 0 Å². The molecule has 0 amide bonds. The van der Waals surface area contributed by atoms with Gasteiger partial charge in [0.1, 0.15) is 0 Å². The molecule has 4 nitrogen and oxygen atoms in total. The van der Waals surface area contributed by atoms with Gasteiger partial charge >= 0.3 is 0 Å². The van der Waals surface area contributed by atoms with Gasteiger partial charge in [0.25, 0.3) is 0 Å². The second kappa shape index (κ2) is 7.25. The molecule has 1 saturated heterocycles. The largest absolute Gasteiger partial charge is 0.396 e. The molecule has 0 saturated carbocycles. The zero-order valence-electron chi connectivity index (χ0n) is 9.82. The molecule has 1 unspecified atom stereocenters. The van der Waals surface area contributed by atoms with Crippen molar-refractivity contribution in [1.29, 1.82) is 0 Å². The fourth-order valence-electron chi connectivity index (χ4n) is 2.07. The number of nitrogens with one attached hydrogen (secondary N) is 1. The van der Waals surface area contributed by atoms with Crippen LogP contribution < -0.4 is 5.32 Å². The highest BCUT2D eigenvalue weighted by molar-refractivity contribution is 7.92. The molecule has 5 heteroatoms. The lowest BCUT2D eigenvalue weighted by atomic mass is 10.2. The van der Waals surface area contributed by atoms with Crippen LogP contribution in [0.5, 0.6) is 0 Å². The number of aliphatic hydroxyl groups excluding tert-OH is 1. The summed E-state index contributed by atoms with van der Waals surface area (Å²) in [5, 5.41) is 11.7. The lowest BCUT2D eigenvalue weighted by Gasteiger charge is -2.10. The lowest BCUT2D eigenvalue weighted by molar-refractivity contribution is 0.282. The highest BCUT2D eigenvalue weighted by Gasteiger charge is 2.30. The molecule has 1 aliphatic rings. The minimum absolute atomic E-state index is 0.148. The highest BCUT2D eigenvalue weighted by Crippen LogP contribution is 2.18. The zero-order valence-corrected chi connectivity index (χ0v) is 10.6. The average Bonchev–Trinajstić information content (AvgIpc) is 2.57.